The van der Waals surface area contributed by atoms with Crippen molar-refractivity contribution in [2.45, 2.75) is 13.3 Å². The van der Waals surface area contributed by atoms with Gasteiger partial charge < -0.3 is 19.3 Å². The average Bonchev–Trinajstić information content (AvgIpc) is 2.54. The summed E-state index contributed by atoms with van der Waals surface area (Å²) in [5.41, 5.74) is 0.875. The first kappa shape index (κ1) is 15.6. The van der Waals surface area contributed by atoms with E-state index in [1.54, 1.807) is 14.2 Å². The number of nitrogens with zero attached hydrogens (tertiary/aromatic N) is 2. The second-order valence-corrected chi connectivity index (χ2v) is 5.17. The Balaban J connectivity index is 2.02. The van der Waals surface area contributed by atoms with E-state index in [9.17, 15) is 4.79 Å². The van der Waals surface area contributed by atoms with Crippen molar-refractivity contribution in [3.8, 4) is 11.5 Å². The second kappa shape index (κ2) is 7.31. The van der Waals surface area contributed by atoms with Crippen LogP contribution in [0.3, 0.4) is 0 Å². The number of carbonyl (C=O) groups is 1. The predicted octanol–water partition coefficient (Wildman–Crippen LogP) is 1.41. The lowest BCUT2D eigenvalue weighted by molar-refractivity contribution is -0.132. The predicted molar refractivity (Wildman–Crippen MR) is 81.9 cm³/mol. The number of rotatable bonds is 5. The molecule has 0 aliphatic carbocycles. The molecule has 1 aliphatic rings. The largest absolute Gasteiger partial charge is 0.497 e. The fourth-order valence-corrected chi connectivity index (χ4v) is 2.61. The topological polar surface area (TPSA) is 42.0 Å². The molecule has 1 saturated heterocycles. The van der Waals surface area contributed by atoms with Crippen LogP contribution >= 0.6 is 0 Å². The number of benzene rings is 1. The monoisotopic (exact) mass is 292 g/mol. The van der Waals surface area contributed by atoms with Crippen molar-refractivity contribution in [3.05, 3.63) is 23.8 Å². The van der Waals surface area contributed by atoms with Crippen LogP contribution in [-0.4, -0.2) is 62.7 Å². The number of amides is 1. The lowest BCUT2D eigenvalue weighted by Crippen LogP contribution is -2.48. The molecule has 0 unspecified atom stereocenters. The average molecular weight is 292 g/mol. The van der Waals surface area contributed by atoms with Crippen molar-refractivity contribution < 1.29 is 14.3 Å². The van der Waals surface area contributed by atoms with Crippen LogP contribution in [0.25, 0.3) is 0 Å². The van der Waals surface area contributed by atoms with Gasteiger partial charge in [0.15, 0.2) is 0 Å². The van der Waals surface area contributed by atoms with Gasteiger partial charge in [-0.1, -0.05) is 6.92 Å². The van der Waals surface area contributed by atoms with Crippen molar-refractivity contribution in [2.24, 2.45) is 0 Å². The number of ether oxygens (including phenoxy) is 2. The van der Waals surface area contributed by atoms with Crippen molar-refractivity contribution in [2.75, 3.05) is 46.9 Å². The number of likely N-dealkylation sites (N-methyl/N-ethyl adjacent to an activating group) is 1. The van der Waals surface area contributed by atoms with Crippen molar-refractivity contribution in [1.82, 2.24) is 9.80 Å². The molecule has 1 heterocycles. The standard InChI is InChI=1S/C16H24N2O3/c1-4-17-7-9-18(10-8-17)16(19)12-13-11-14(20-2)5-6-15(13)21-3/h5-6,11H,4,7-10,12H2,1-3H3. The molecule has 5 nitrogen and oxygen atoms in total. The van der Waals surface area contributed by atoms with E-state index in [1.165, 1.54) is 0 Å². The van der Waals surface area contributed by atoms with Gasteiger partial charge in [-0.2, -0.15) is 0 Å². The fourth-order valence-electron chi connectivity index (χ4n) is 2.61. The highest BCUT2D eigenvalue weighted by Gasteiger charge is 2.21. The summed E-state index contributed by atoms with van der Waals surface area (Å²) in [7, 11) is 3.24. The molecule has 116 valence electrons. The van der Waals surface area contributed by atoms with E-state index in [0.29, 0.717) is 6.42 Å². The number of hydrogen-bond acceptors (Lipinski definition) is 4. The molecule has 0 aromatic heterocycles. The molecule has 1 aromatic rings. The smallest absolute Gasteiger partial charge is 0.227 e. The molecule has 0 saturated carbocycles. The van der Waals surface area contributed by atoms with Crippen molar-refractivity contribution in [1.29, 1.82) is 0 Å². The second-order valence-electron chi connectivity index (χ2n) is 5.17. The Morgan fingerprint density at radius 2 is 1.86 bits per heavy atom. The lowest BCUT2D eigenvalue weighted by Gasteiger charge is -2.34. The maximum atomic E-state index is 12.4. The maximum absolute atomic E-state index is 12.4. The van der Waals surface area contributed by atoms with Crippen LogP contribution in [-0.2, 0) is 11.2 Å². The van der Waals surface area contributed by atoms with Crippen LogP contribution in [0, 0.1) is 0 Å². The first-order chi connectivity index (χ1) is 10.2. The third kappa shape index (κ3) is 3.88. The van der Waals surface area contributed by atoms with Gasteiger partial charge in [0.25, 0.3) is 0 Å². The SMILES string of the molecule is CCN1CCN(C(=O)Cc2cc(OC)ccc2OC)CC1. The number of hydrogen-bond donors (Lipinski definition) is 0. The molecule has 0 bridgehead atoms. The molecule has 1 aromatic carbocycles. The van der Waals surface area contributed by atoms with E-state index >= 15 is 0 Å². The van der Waals surface area contributed by atoms with Gasteiger partial charge in [0.2, 0.25) is 5.91 Å². The van der Waals surface area contributed by atoms with Crippen LogP contribution in [0.1, 0.15) is 12.5 Å². The van der Waals surface area contributed by atoms with Gasteiger partial charge in [-0.3, -0.25) is 4.79 Å². The molecule has 0 atom stereocenters. The van der Waals surface area contributed by atoms with Gasteiger partial charge in [-0.15, -0.1) is 0 Å². The number of piperazine rings is 1. The normalized spacial score (nSPS) is 15.9. The molecule has 0 radical (unpaired) electrons. The van der Waals surface area contributed by atoms with Gasteiger partial charge >= 0.3 is 0 Å². The zero-order valence-corrected chi connectivity index (χ0v) is 13.1. The van der Waals surface area contributed by atoms with Gasteiger partial charge in [0.05, 0.1) is 20.6 Å². The molecule has 0 spiro atoms. The third-order valence-corrected chi connectivity index (χ3v) is 4.00. The first-order valence-electron chi connectivity index (χ1n) is 7.39. The summed E-state index contributed by atoms with van der Waals surface area (Å²) < 4.78 is 10.6. The van der Waals surface area contributed by atoms with E-state index in [0.717, 1.165) is 49.8 Å². The van der Waals surface area contributed by atoms with Gasteiger partial charge in [0, 0.05) is 31.7 Å². The minimum Gasteiger partial charge on any atom is -0.497 e. The third-order valence-electron chi connectivity index (χ3n) is 4.00. The molecule has 1 fully saturated rings. The summed E-state index contributed by atoms with van der Waals surface area (Å²) in [5, 5.41) is 0. The van der Waals surface area contributed by atoms with E-state index in [-0.39, 0.29) is 5.91 Å². The summed E-state index contributed by atoms with van der Waals surface area (Å²) in [6.45, 7) is 6.72. The Morgan fingerprint density at radius 3 is 2.43 bits per heavy atom. The van der Waals surface area contributed by atoms with Crippen molar-refractivity contribution in [3.63, 3.8) is 0 Å². The van der Waals surface area contributed by atoms with Crippen LogP contribution in [0.2, 0.25) is 0 Å². The first-order valence-corrected chi connectivity index (χ1v) is 7.39. The Morgan fingerprint density at radius 1 is 1.14 bits per heavy atom. The summed E-state index contributed by atoms with van der Waals surface area (Å²) in [6.07, 6.45) is 0.354. The van der Waals surface area contributed by atoms with Gasteiger partial charge in [0.1, 0.15) is 11.5 Å². The van der Waals surface area contributed by atoms with Gasteiger partial charge in [-0.25, -0.2) is 0 Å². The Bertz CT molecular complexity index is 482. The van der Waals surface area contributed by atoms with Crippen LogP contribution in [0.15, 0.2) is 18.2 Å². The Hall–Kier alpha value is -1.75. The molecule has 21 heavy (non-hydrogen) atoms. The highest BCUT2D eigenvalue weighted by molar-refractivity contribution is 5.79. The summed E-state index contributed by atoms with van der Waals surface area (Å²) in [6, 6.07) is 5.56. The van der Waals surface area contributed by atoms with E-state index in [2.05, 4.69) is 11.8 Å². The van der Waals surface area contributed by atoms with Crippen molar-refractivity contribution >= 4 is 5.91 Å². The van der Waals surface area contributed by atoms with E-state index < -0.39 is 0 Å². The molecular weight excluding hydrogens is 268 g/mol. The quantitative estimate of drug-likeness (QED) is 0.823. The molecular formula is C16H24N2O3. The molecule has 1 aliphatic heterocycles. The van der Waals surface area contributed by atoms with E-state index in [4.69, 9.17) is 9.47 Å². The fraction of sp³-hybridized carbons (Fsp3) is 0.562. The Kier molecular flexibility index (Phi) is 5.44. The van der Waals surface area contributed by atoms with Crippen LogP contribution < -0.4 is 9.47 Å². The maximum Gasteiger partial charge on any atom is 0.227 e. The summed E-state index contributed by atoms with van der Waals surface area (Å²) >= 11 is 0. The Labute approximate surface area is 126 Å². The minimum absolute atomic E-state index is 0.150. The number of carbonyl (C=O) groups excluding carboxylic acids is 1. The number of methoxy groups -OCH3 is 2. The molecule has 0 N–H and O–H groups in total. The van der Waals surface area contributed by atoms with Crippen LogP contribution in [0.5, 0.6) is 11.5 Å². The summed E-state index contributed by atoms with van der Waals surface area (Å²) in [4.78, 5) is 16.7. The van der Waals surface area contributed by atoms with Gasteiger partial charge in [-0.05, 0) is 24.7 Å². The van der Waals surface area contributed by atoms with E-state index in [1.807, 2.05) is 23.1 Å². The summed E-state index contributed by atoms with van der Waals surface area (Å²) in [5.74, 6) is 1.63. The zero-order chi connectivity index (χ0) is 15.2. The molecule has 2 rings (SSSR count). The molecule has 1 amide bonds. The highest BCUT2D eigenvalue weighted by Crippen LogP contribution is 2.25. The minimum atomic E-state index is 0.150. The molecule has 5 heteroatoms. The lowest BCUT2D eigenvalue weighted by atomic mass is 10.1. The zero-order valence-electron chi connectivity index (χ0n) is 13.1. The van der Waals surface area contributed by atoms with Crippen LogP contribution in [0.4, 0.5) is 0 Å². The highest BCUT2D eigenvalue weighted by atomic mass is 16.5.